The quantitative estimate of drug-likeness (QED) is 0.737. The molecule has 1 aromatic heterocycles. The molecule has 4 heteroatoms. The second-order valence-electron chi connectivity index (χ2n) is 4.78. The van der Waals surface area contributed by atoms with E-state index in [4.69, 9.17) is 5.11 Å². The van der Waals surface area contributed by atoms with E-state index in [1.807, 2.05) is 0 Å². The van der Waals surface area contributed by atoms with E-state index in [0.717, 1.165) is 24.4 Å². The maximum atomic E-state index is 8.93. The first-order chi connectivity index (χ1) is 8.04. The molecule has 0 spiro atoms. The minimum Gasteiger partial charge on any atom is -0.396 e. The zero-order valence-electron chi connectivity index (χ0n) is 11.3. The van der Waals surface area contributed by atoms with Gasteiger partial charge in [0.1, 0.15) is 0 Å². The summed E-state index contributed by atoms with van der Waals surface area (Å²) < 4.78 is 0. The van der Waals surface area contributed by atoms with Gasteiger partial charge in [0.15, 0.2) is 0 Å². The number of nitrogens with one attached hydrogen (secondary N) is 1. The average Bonchev–Trinajstić information content (AvgIpc) is 2.63. The fourth-order valence-electron chi connectivity index (χ4n) is 1.90. The van der Waals surface area contributed by atoms with Gasteiger partial charge in [0.2, 0.25) is 0 Å². The fraction of sp³-hybridized carbons (Fsp3) is 0.769. The van der Waals surface area contributed by atoms with E-state index >= 15 is 0 Å². The monoisotopic (exact) mass is 256 g/mol. The molecular formula is C13H24N2OS. The summed E-state index contributed by atoms with van der Waals surface area (Å²) >= 11 is 1.76. The van der Waals surface area contributed by atoms with Crippen molar-refractivity contribution < 1.29 is 5.11 Å². The van der Waals surface area contributed by atoms with Gasteiger partial charge in [-0.15, -0.1) is 11.3 Å². The molecule has 1 heterocycles. The number of aliphatic hydroxyl groups excluding tert-OH is 1. The molecule has 0 amide bonds. The van der Waals surface area contributed by atoms with Crippen molar-refractivity contribution in [3.63, 3.8) is 0 Å². The molecule has 1 aromatic rings. The Labute approximate surface area is 108 Å². The van der Waals surface area contributed by atoms with Crippen molar-refractivity contribution in [3.05, 3.63) is 15.6 Å². The Morgan fingerprint density at radius 2 is 2.06 bits per heavy atom. The molecule has 0 aliphatic carbocycles. The van der Waals surface area contributed by atoms with Gasteiger partial charge in [-0.3, -0.25) is 0 Å². The second-order valence-corrected chi connectivity index (χ2v) is 6.19. The normalized spacial score (nSPS) is 14.9. The summed E-state index contributed by atoms with van der Waals surface area (Å²) in [5.41, 5.74) is 1.18. The third kappa shape index (κ3) is 4.74. The van der Waals surface area contributed by atoms with Crippen molar-refractivity contribution >= 4 is 11.3 Å². The summed E-state index contributed by atoms with van der Waals surface area (Å²) in [5.74, 6) is 0.412. The minimum atomic E-state index is 0.292. The Morgan fingerprint density at radius 3 is 2.59 bits per heavy atom. The number of aromatic nitrogens is 1. The Morgan fingerprint density at radius 1 is 1.35 bits per heavy atom. The van der Waals surface area contributed by atoms with E-state index in [-0.39, 0.29) is 0 Å². The van der Waals surface area contributed by atoms with E-state index in [1.165, 1.54) is 10.6 Å². The highest BCUT2D eigenvalue weighted by atomic mass is 32.1. The summed E-state index contributed by atoms with van der Waals surface area (Å²) in [5, 5.41) is 13.6. The molecule has 0 saturated heterocycles. The van der Waals surface area contributed by atoms with Gasteiger partial charge in [0.25, 0.3) is 0 Å². The van der Waals surface area contributed by atoms with Gasteiger partial charge in [-0.05, 0) is 46.1 Å². The second kappa shape index (κ2) is 7.09. The molecule has 0 bridgehead atoms. The fourth-order valence-corrected chi connectivity index (χ4v) is 2.82. The number of thiazole rings is 1. The van der Waals surface area contributed by atoms with Gasteiger partial charge in [-0.1, -0.05) is 6.92 Å². The summed E-state index contributed by atoms with van der Waals surface area (Å²) in [7, 11) is 0. The third-order valence-electron chi connectivity index (χ3n) is 2.99. The summed E-state index contributed by atoms with van der Waals surface area (Å²) in [4.78, 5) is 5.87. The standard InChI is InChI=1S/C13H24N2OS/c1-9(8-16)6-5-7-14-10(2)13-11(3)17-12(4)15-13/h9-10,14,16H,5-8H2,1-4H3. The van der Waals surface area contributed by atoms with Gasteiger partial charge in [0, 0.05) is 17.5 Å². The van der Waals surface area contributed by atoms with Crippen molar-refractivity contribution in [3.8, 4) is 0 Å². The molecule has 2 N–H and O–H groups in total. The van der Waals surface area contributed by atoms with Gasteiger partial charge in [-0.25, -0.2) is 4.98 Å². The lowest BCUT2D eigenvalue weighted by atomic mass is 10.1. The van der Waals surface area contributed by atoms with Crippen LogP contribution in [-0.2, 0) is 0 Å². The van der Waals surface area contributed by atoms with Crippen LogP contribution >= 0.6 is 11.3 Å². The SMILES string of the molecule is Cc1nc(C(C)NCCCC(C)CO)c(C)s1. The van der Waals surface area contributed by atoms with Crippen molar-refractivity contribution in [1.82, 2.24) is 10.3 Å². The zero-order chi connectivity index (χ0) is 12.8. The lowest BCUT2D eigenvalue weighted by Crippen LogP contribution is -2.21. The number of rotatable bonds is 7. The highest BCUT2D eigenvalue weighted by molar-refractivity contribution is 7.11. The van der Waals surface area contributed by atoms with Gasteiger partial charge in [0.05, 0.1) is 10.7 Å². The van der Waals surface area contributed by atoms with E-state index in [1.54, 1.807) is 11.3 Å². The maximum absolute atomic E-state index is 8.93. The molecule has 2 atom stereocenters. The van der Waals surface area contributed by atoms with Crippen LogP contribution in [0.3, 0.4) is 0 Å². The van der Waals surface area contributed by atoms with Crippen molar-refractivity contribution in [1.29, 1.82) is 0 Å². The molecule has 2 unspecified atom stereocenters. The molecule has 0 saturated carbocycles. The minimum absolute atomic E-state index is 0.292. The first-order valence-corrected chi connectivity index (χ1v) is 7.14. The van der Waals surface area contributed by atoms with Crippen molar-refractivity contribution in [2.24, 2.45) is 5.92 Å². The van der Waals surface area contributed by atoms with Crippen LogP contribution in [0.15, 0.2) is 0 Å². The first kappa shape index (κ1) is 14.6. The Hall–Kier alpha value is -0.450. The number of hydrogen-bond donors (Lipinski definition) is 2. The number of hydrogen-bond acceptors (Lipinski definition) is 4. The molecule has 17 heavy (non-hydrogen) atoms. The molecular weight excluding hydrogens is 232 g/mol. The third-order valence-corrected chi connectivity index (χ3v) is 3.89. The molecule has 0 aliphatic rings. The summed E-state index contributed by atoms with van der Waals surface area (Å²) in [6, 6.07) is 0.324. The van der Waals surface area contributed by atoms with Gasteiger partial charge < -0.3 is 10.4 Å². The van der Waals surface area contributed by atoms with E-state index < -0.39 is 0 Å². The summed E-state index contributed by atoms with van der Waals surface area (Å²) in [6.07, 6.45) is 2.18. The van der Waals surface area contributed by atoms with Crippen LogP contribution < -0.4 is 5.32 Å². The van der Waals surface area contributed by atoms with Crippen LogP contribution in [-0.4, -0.2) is 23.2 Å². The highest BCUT2D eigenvalue weighted by Crippen LogP contribution is 2.22. The summed E-state index contributed by atoms with van der Waals surface area (Å²) in [6.45, 7) is 9.71. The highest BCUT2D eigenvalue weighted by Gasteiger charge is 2.12. The van der Waals surface area contributed by atoms with Crippen LogP contribution in [0.2, 0.25) is 0 Å². The number of aryl methyl sites for hydroxylation is 2. The van der Waals surface area contributed by atoms with Gasteiger partial charge >= 0.3 is 0 Å². The zero-order valence-corrected chi connectivity index (χ0v) is 12.1. The largest absolute Gasteiger partial charge is 0.396 e. The van der Waals surface area contributed by atoms with Crippen molar-refractivity contribution in [2.45, 2.75) is 46.6 Å². The number of nitrogens with zero attached hydrogens (tertiary/aromatic N) is 1. The average molecular weight is 256 g/mol. The smallest absolute Gasteiger partial charge is 0.0900 e. The first-order valence-electron chi connectivity index (χ1n) is 6.32. The lowest BCUT2D eigenvalue weighted by Gasteiger charge is -2.13. The maximum Gasteiger partial charge on any atom is 0.0900 e. The Balaban J connectivity index is 2.30. The molecule has 0 aliphatic heterocycles. The lowest BCUT2D eigenvalue weighted by molar-refractivity contribution is 0.227. The van der Waals surface area contributed by atoms with E-state index in [9.17, 15) is 0 Å². The van der Waals surface area contributed by atoms with Crippen LogP contribution in [0.25, 0.3) is 0 Å². The predicted octanol–water partition coefficient (Wildman–Crippen LogP) is 2.82. The predicted molar refractivity (Wildman–Crippen MR) is 73.5 cm³/mol. The topological polar surface area (TPSA) is 45.2 Å². The van der Waals surface area contributed by atoms with Crippen LogP contribution in [0, 0.1) is 19.8 Å². The van der Waals surface area contributed by atoms with E-state index in [0.29, 0.717) is 18.6 Å². The molecule has 0 radical (unpaired) electrons. The van der Waals surface area contributed by atoms with Crippen LogP contribution in [0.4, 0.5) is 0 Å². The molecule has 98 valence electrons. The molecule has 1 rings (SSSR count). The van der Waals surface area contributed by atoms with Gasteiger partial charge in [-0.2, -0.15) is 0 Å². The van der Waals surface area contributed by atoms with Crippen LogP contribution in [0.1, 0.15) is 48.3 Å². The van der Waals surface area contributed by atoms with E-state index in [2.05, 4.69) is 38.0 Å². The Bertz CT molecular complexity index is 338. The molecule has 3 nitrogen and oxygen atoms in total. The Kier molecular flexibility index (Phi) is 6.09. The van der Waals surface area contributed by atoms with Crippen molar-refractivity contribution in [2.75, 3.05) is 13.2 Å². The molecule has 0 aromatic carbocycles. The molecule has 0 fully saturated rings. The van der Waals surface area contributed by atoms with Crippen LogP contribution in [0.5, 0.6) is 0 Å². The number of aliphatic hydroxyl groups is 1.